The lowest BCUT2D eigenvalue weighted by Crippen LogP contribution is -2.67. The van der Waals surface area contributed by atoms with Gasteiger partial charge in [0.25, 0.3) is 0 Å². The number of aliphatic hydroxyl groups is 1. The molecule has 5 rings (SSSR count). The second-order valence-corrected chi connectivity index (χ2v) is 14.3. The number of hydrogen-bond donors (Lipinski definition) is 2. The summed E-state index contributed by atoms with van der Waals surface area (Å²) in [5.41, 5.74) is 0.899. The Morgan fingerprint density at radius 1 is 0.912 bits per heavy atom. The van der Waals surface area contributed by atoms with Gasteiger partial charge in [0.15, 0.2) is 0 Å². The van der Waals surface area contributed by atoms with E-state index in [4.69, 9.17) is 0 Å². The van der Waals surface area contributed by atoms with Gasteiger partial charge < -0.3 is 10.2 Å². The maximum atomic E-state index is 12.8. The first-order valence-corrected chi connectivity index (χ1v) is 14.0. The molecule has 0 heterocycles. The summed E-state index contributed by atoms with van der Waals surface area (Å²) in [5, 5.41) is 21.5. The van der Waals surface area contributed by atoms with Crippen LogP contribution in [0.1, 0.15) is 98.8 Å². The third-order valence-electron chi connectivity index (χ3n) is 13.3. The van der Waals surface area contributed by atoms with E-state index in [-0.39, 0.29) is 33.7 Å². The van der Waals surface area contributed by atoms with Crippen LogP contribution < -0.4 is 0 Å². The van der Waals surface area contributed by atoms with Crippen LogP contribution in [0.25, 0.3) is 0 Å². The van der Waals surface area contributed by atoms with Crippen LogP contribution in [0, 0.1) is 56.7 Å². The molecule has 10 unspecified atom stereocenters. The van der Waals surface area contributed by atoms with Gasteiger partial charge in [0, 0.05) is 0 Å². The Labute approximate surface area is 207 Å². The molecular formula is C31H48O3. The van der Waals surface area contributed by atoms with Crippen molar-refractivity contribution in [2.45, 2.75) is 105 Å². The molecule has 0 aromatic heterocycles. The minimum absolute atomic E-state index is 0.00818. The van der Waals surface area contributed by atoms with E-state index in [0.29, 0.717) is 23.7 Å². The lowest BCUT2D eigenvalue weighted by molar-refractivity contribution is -0.239. The molecule has 3 nitrogen and oxygen atoms in total. The van der Waals surface area contributed by atoms with Gasteiger partial charge in [-0.1, -0.05) is 45.9 Å². The highest BCUT2D eigenvalue weighted by molar-refractivity contribution is 5.76. The fraction of sp³-hybridized carbons (Fsp3) is 0.839. The molecule has 34 heavy (non-hydrogen) atoms. The van der Waals surface area contributed by atoms with Crippen molar-refractivity contribution in [1.82, 2.24) is 0 Å². The van der Waals surface area contributed by atoms with Crippen molar-refractivity contribution >= 4 is 5.97 Å². The predicted molar refractivity (Wildman–Crippen MR) is 137 cm³/mol. The number of carbonyl (C=O) groups is 1. The number of rotatable bonds is 3. The van der Waals surface area contributed by atoms with Gasteiger partial charge in [0.05, 0.1) is 11.5 Å². The van der Waals surface area contributed by atoms with Gasteiger partial charge >= 0.3 is 5.97 Å². The molecule has 5 saturated carbocycles. The van der Waals surface area contributed by atoms with Crippen molar-refractivity contribution in [3.63, 3.8) is 0 Å². The number of aliphatic carboxylic acids is 1. The van der Waals surface area contributed by atoms with Gasteiger partial charge in [0.1, 0.15) is 0 Å². The second-order valence-electron chi connectivity index (χ2n) is 14.3. The molecule has 0 aromatic rings. The Morgan fingerprint density at radius 2 is 1.62 bits per heavy atom. The Bertz CT molecular complexity index is 904. The molecule has 0 radical (unpaired) electrons. The Kier molecular flexibility index (Phi) is 5.40. The lowest BCUT2D eigenvalue weighted by Gasteiger charge is -2.72. The van der Waals surface area contributed by atoms with Gasteiger partial charge in [-0.25, -0.2) is 0 Å². The molecule has 190 valence electrons. The summed E-state index contributed by atoms with van der Waals surface area (Å²) in [4.78, 5) is 12.8. The third kappa shape index (κ3) is 2.72. The summed E-state index contributed by atoms with van der Waals surface area (Å²) in [7, 11) is 0. The normalized spacial score (nSPS) is 53.6. The van der Waals surface area contributed by atoms with Crippen LogP contribution in [0.5, 0.6) is 0 Å². The highest BCUT2D eigenvalue weighted by Crippen LogP contribution is 2.77. The molecule has 5 aliphatic carbocycles. The largest absolute Gasteiger partial charge is 0.481 e. The van der Waals surface area contributed by atoms with E-state index in [0.717, 1.165) is 51.4 Å². The zero-order valence-corrected chi connectivity index (χ0v) is 22.3. The van der Waals surface area contributed by atoms with Gasteiger partial charge in [-0.05, 0) is 122 Å². The van der Waals surface area contributed by atoms with Crippen molar-refractivity contribution in [2.75, 3.05) is 0 Å². The first-order chi connectivity index (χ1) is 15.8. The molecule has 3 heteroatoms. The van der Waals surface area contributed by atoms with Crippen molar-refractivity contribution in [3.8, 4) is 0 Å². The summed E-state index contributed by atoms with van der Waals surface area (Å²) in [5.74, 6) is 1.45. The van der Waals surface area contributed by atoms with E-state index in [1.165, 1.54) is 18.4 Å². The van der Waals surface area contributed by atoms with E-state index in [1.807, 2.05) is 0 Å². The Morgan fingerprint density at radius 3 is 2.24 bits per heavy atom. The first-order valence-electron chi connectivity index (χ1n) is 14.0. The maximum Gasteiger partial charge on any atom is 0.309 e. The van der Waals surface area contributed by atoms with Crippen LogP contribution >= 0.6 is 0 Å². The average Bonchev–Trinajstić information content (AvgIpc) is 3.18. The standard InChI is InChI=1S/C31H48O3/c1-8-31-18-17-30(26(33)34)16-11-20(19(2)3)25(30)21(31)9-10-23-28(6)14-13-24(32)27(4,5)22(28)12-15-29(23,31)7/h8,20-25,32H,1-2,9-18H2,3-7H3,(H,33,34). The molecule has 10 atom stereocenters. The summed E-state index contributed by atoms with van der Waals surface area (Å²) in [6.07, 6.45) is 12.3. The van der Waals surface area contributed by atoms with Gasteiger partial charge in [0.2, 0.25) is 0 Å². The fourth-order valence-electron chi connectivity index (χ4n) is 11.7. The van der Waals surface area contributed by atoms with Crippen LogP contribution in [0.4, 0.5) is 0 Å². The molecule has 0 saturated heterocycles. The van der Waals surface area contributed by atoms with E-state index in [2.05, 4.69) is 53.9 Å². The number of fused-ring (bicyclic) bond motifs is 7. The van der Waals surface area contributed by atoms with Crippen molar-refractivity contribution in [3.05, 3.63) is 24.8 Å². The van der Waals surface area contributed by atoms with E-state index >= 15 is 0 Å². The summed E-state index contributed by atoms with van der Waals surface area (Å²) in [6, 6.07) is 0. The van der Waals surface area contributed by atoms with Crippen molar-refractivity contribution in [1.29, 1.82) is 0 Å². The molecule has 0 aromatic carbocycles. The van der Waals surface area contributed by atoms with Gasteiger partial charge in [-0.2, -0.15) is 0 Å². The number of carboxylic acid groups (broad SMARTS) is 1. The number of aliphatic hydroxyl groups excluding tert-OH is 1. The summed E-state index contributed by atoms with van der Waals surface area (Å²) in [6.45, 7) is 20.7. The topological polar surface area (TPSA) is 57.5 Å². The summed E-state index contributed by atoms with van der Waals surface area (Å²) < 4.78 is 0. The van der Waals surface area contributed by atoms with E-state index < -0.39 is 11.4 Å². The van der Waals surface area contributed by atoms with Gasteiger partial charge in [-0.3, -0.25) is 4.79 Å². The number of carboxylic acids is 1. The van der Waals surface area contributed by atoms with Crippen LogP contribution in [-0.4, -0.2) is 22.3 Å². The Hall–Kier alpha value is -1.09. The van der Waals surface area contributed by atoms with Crippen LogP contribution in [0.2, 0.25) is 0 Å². The zero-order chi connectivity index (χ0) is 24.9. The quantitative estimate of drug-likeness (QED) is 0.429. The van der Waals surface area contributed by atoms with Crippen molar-refractivity contribution in [2.24, 2.45) is 56.7 Å². The maximum absolute atomic E-state index is 12.8. The molecule has 5 aliphatic rings. The highest BCUT2D eigenvalue weighted by atomic mass is 16.4. The smallest absolute Gasteiger partial charge is 0.309 e. The van der Waals surface area contributed by atoms with Gasteiger partial charge in [-0.15, -0.1) is 6.58 Å². The highest BCUT2D eigenvalue weighted by Gasteiger charge is 2.72. The van der Waals surface area contributed by atoms with Crippen molar-refractivity contribution < 1.29 is 15.0 Å². The number of allylic oxidation sites excluding steroid dienone is 2. The molecular weight excluding hydrogens is 420 g/mol. The molecule has 0 bridgehead atoms. The van der Waals surface area contributed by atoms with Crippen LogP contribution in [-0.2, 0) is 4.79 Å². The monoisotopic (exact) mass is 468 g/mol. The first kappa shape index (κ1) is 24.6. The molecule has 0 aliphatic heterocycles. The number of hydrogen-bond acceptors (Lipinski definition) is 2. The average molecular weight is 469 g/mol. The zero-order valence-electron chi connectivity index (χ0n) is 22.3. The third-order valence-corrected chi connectivity index (χ3v) is 13.3. The van der Waals surface area contributed by atoms with Crippen LogP contribution in [0.15, 0.2) is 24.8 Å². The SMILES string of the molecule is C=CC12CCC3(C(=O)O)CCC(C(=C)C)C3C1CCC1C3(C)CCC(O)C(C)(C)C3CCC12C. The summed E-state index contributed by atoms with van der Waals surface area (Å²) >= 11 is 0. The minimum atomic E-state index is -0.581. The minimum Gasteiger partial charge on any atom is -0.481 e. The molecule has 0 spiro atoms. The van der Waals surface area contributed by atoms with E-state index in [9.17, 15) is 15.0 Å². The lowest BCUT2D eigenvalue weighted by atomic mass is 9.32. The fourth-order valence-corrected chi connectivity index (χ4v) is 11.7. The molecule has 0 amide bonds. The second kappa shape index (κ2) is 7.46. The molecule has 2 N–H and O–H groups in total. The van der Waals surface area contributed by atoms with E-state index in [1.54, 1.807) is 0 Å². The Balaban J connectivity index is 1.60. The van der Waals surface area contributed by atoms with Crippen LogP contribution in [0.3, 0.4) is 0 Å². The molecule has 5 fully saturated rings. The predicted octanol–water partition coefficient (Wildman–Crippen LogP) is 7.26.